The lowest BCUT2D eigenvalue weighted by Gasteiger charge is -2.26. The van der Waals surface area contributed by atoms with Crippen LogP contribution in [-0.2, 0) is 24.9 Å². The van der Waals surface area contributed by atoms with Gasteiger partial charge in [0.05, 0.1) is 6.54 Å². The predicted octanol–water partition coefficient (Wildman–Crippen LogP) is -0.663. The van der Waals surface area contributed by atoms with E-state index in [1.165, 1.54) is 4.68 Å². The molecule has 1 aliphatic heterocycles. The molecule has 6 heteroatoms. The molecule has 0 aromatic carbocycles. The van der Waals surface area contributed by atoms with Gasteiger partial charge in [0, 0.05) is 33.0 Å². The van der Waals surface area contributed by atoms with Crippen LogP contribution in [0.5, 0.6) is 0 Å². The molecule has 2 rings (SSSR count). The number of carbonyl (C=O) groups excluding carboxylic acids is 1. The van der Waals surface area contributed by atoms with E-state index < -0.39 is 0 Å². The van der Waals surface area contributed by atoms with E-state index in [0.29, 0.717) is 38.3 Å². The van der Waals surface area contributed by atoms with Gasteiger partial charge in [0.2, 0.25) is 5.91 Å². The molecule has 2 heterocycles. The molecule has 0 saturated carbocycles. The molecule has 1 aromatic rings. The number of rotatable bonds is 2. The first kappa shape index (κ1) is 11.5. The molecular formula is C11H14N4O2. The van der Waals surface area contributed by atoms with Gasteiger partial charge in [0.15, 0.2) is 5.82 Å². The molecule has 17 heavy (non-hydrogen) atoms. The van der Waals surface area contributed by atoms with Crippen molar-refractivity contribution in [2.45, 2.75) is 25.9 Å². The first-order chi connectivity index (χ1) is 8.13. The molecule has 0 aliphatic carbocycles. The number of terminal acetylenes is 1. The number of hydrogen-bond acceptors (Lipinski definition) is 3. The van der Waals surface area contributed by atoms with E-state index in [-0.39, 0.29) is 11.6 Å². The normalized spacial score (nSPS) is 14.2. The Balaban J connectivity index is 2.11. The van der Waals surface area contributed by atoms with Gasteiger partial charge in [-0.15, -0.1) is 12.3 Å². The van der Waals surface area contributed by atoms with Crippen molar-refractivity contribution in [1.29, 1.82) is 0 Å². The van der Waals surface area contributed by atoms with Crippen LogP contribution in [0.15, 0.2) is 4.79 Å². The highest BCUT2D eigenvalue weighted by molar-refractivity contribution is 5.76. The highest BCUT2D eigenvalue weighted by Crippen LogP contribution is 2.09. The van der Waals surface area contributed by atoms with Gasteiger partial charge in [0.25, 0.3) is 0 Å². The predicted molar refractivity (Wildman–Crippen MR) is 61.0 cm³/mol. The van der Waals surface area contributed by atoms with Crippen molar-refractivity contribution >= 4 is 5.91 Å². The van der Waals surface area contributed by atoms with E-state index in [2.05, 4.69) is 11.0 Å². The molecule has 0 radical (unpaired) electrons. The molecule has 0 atom stereocenters. The van der Waals surface area contributed by atoms with Crippen LogP contribution in [0.1, 0.15) is 18.7 Å². The van der Waals surface area contributed by atoms with Gasteiger partial charge < -0.3 is 4.90 Å². The standard InChI is InChI=1S/C11H14N4O2/c1-3-4-5-10(16)14-6-7-15-9(8-14)12-13(2)11(15)17/h1H,4-8H2,2H3. The molecular weight excluding hydrogens is 220 g/mol. The van der Waals surface area contributed by atoms with Crippen molar-refractivity contribution in [2.75, 3.05) is 6.54 Å². The fourth-order valence-corrected chi connectivity index (χ4v) is 1.92. The van der Waals surface area contributed by atoms with Crippen LogP contribution in [0, 0.1) is 12.3 Å². The minimum absolute atomic E-state index is 0.0207. The van der Waals surface area contributed by atoms with Gasteiger partial charge in [-0.1, -0.05) is 0 Å². The maximum Gasteiger partial charge on any atom is 0.345 e. The van der Waals surface area contributed by atoms with Gasteiger partial charge in [-0.05, 0) is 0 Å². The number of fused-ring (bicyclic) bond motifs is 1. The third-order valence-corrected chi connectivity index (χ3v) is 2.85. The Morgan fingerprint density at radius 2 is 2.29 bits per heavy atom. The third kappa shape index (κ3) is 2.09. The Hall–Kier alpha value is -2.03. The number of aryl methyl sites for hydroxylation is 1. The second-order valence-corrected chi connectivity index (χ2v) is 3.99. The monoisotopic (exact) mass is 234 g/mol. The van der Waals surface area contributed by atoms with Crippen molar-refractivity contribution in [3.8, 4) is 12.3 Å². The fraction of sp³-hybridized carbons (Fsp3) is 0.545. The summed E-state index contributed by atoms with van der Waals surface area (Å²) in [4.78, 5) is 25.1. The molecule has 0 bridgehead atoms. The summed E-state index contributed by atoms with van der Waals surface area (Å²) in [5.74, 6) is 3.11. The zero-order valence-electron chi connectivity index (χ0n) is 9.72. The van der Waals surface area contributed by atoms with E-state index in [1.54, 1.807) is 16.5 Å². The second-order valence-electron chi connectivity index (χ2n) is 3.99. The summed E-state index contributed by atoms with van der Waals surface area (Å²) in [6.07, 6.45) is 5.93. The van der Waals surface area contributed by atoms with Crippen LogP contribution in [0.3, 0.4) is 0 Å². The number of hydrogen-bond donors (Lipinski definition) is 0. The van der Waals surface area contributed by atoms with Gasteiger partial charge >= 0.3 is 5.69 Å². The number of aromatic nitrogens is 3. The van der Waals surface area contributed by atoms with Crippen molar-refractivity contribution in [3.63, 3.8) is 0 Å². The number of amides is 1. The molecule has 1 aliphatic rings. The Morgan fingerprint density at radius 3 is 3.00 bits per heavy atom. The lowest BCUT2D eigenvalue weighted by molar-refractivity contribution is -0.132. The first-order valence-electron chi connectivity index (χ1n) is 5.47. The molecule has 0 N–H and O–H groups in total. The van der Waals surface area contributed by atoms with Crippen molar-refractivity contribution < 1.29 is 4.79 Å². The quantitative estimate of drug-likeness (QED) is 0.638. The number of carbonyl (C=O) groups is 1. The van der Waals surface area contributed by atoms with E-state index in [9.17, 15) is 9.59 Å². The molecule has 90 valence electrons. The highest BCUT2D eigenvalue weighted by atomic mass is 16.2. The zero-order chi connectivity index (χ0) is 12.4. The number of nitrogens with zero attached hydrogens (tertiary/aromatic N) is 4. The van der Waals surface area contributed by atoms with Crippen LogP contribution < -0.4 is 5.69 Å². The van der Waals surface area contributed by atoms with Crippen LogP contribution in [0.2, 0.25) is 0 Å². The Morgan fingerprint density at radius 1 is 1.53 bits per heavy atom. The highest BCUT2D eigenvalue weighted by Gasteiger charge is 2.23. The molecule has 1 amide bonds. The van der Waals surface area contributed by atoms with Crippen LogP contribution in [-0.4, -0.2) is 31.7 Å². The Bertz CT molecular complexity index is 535. The smallest absolute Gasteiger partial charge is 0.333 e. The molecule has 1 aromatic heterocycles. The van der Waals surface area contributed by atoms with E-state index in [0.717, 1.165) is 0 Å². The lowest BCUT2D eigenvalue weighted by atomic mass is 10.2. The zero-order valence-corrected chi connectivity index (χ0v) is 9.72. The maximum atomic E-state index is 11.8. The fourth-order valence-electron chi connectivity index (χ4n) is 1.92. The van der Waals surface area contributed by atoms with E-state index >= 15 is 0 Å². The summed E-state index contributed by atoms with van der Waals surface area (Å²) in [6, 6.07) is 0. The van der Waals surface area contributed by atoms with E-state index in [4.69, 9.17) is 6.42 Å². The summed E-state index contributed by atoms with van der Waals surface area (Å²) >= 11 is 0. The summed E-state index contributed by atoms with van der Waals surface area (Å²) in [6.45, 7) is 1.44. The molecule has 0 saturated heterocycles. The van der Waals surface area contributed by atoms with Crippen molar-refractivity contribution in [3.05, 3.63) is 16.3 Å². The van der Waals surface area contributed by atoms with Gasteiger partial charge in [0.1, 0.15) is 0 Å². The summed E-state index contributed by atoms with van der Waals surface area (Å²) in [7, 11) is 1.61. The van der Waals surface area contributed by atoms with Gasteiger partial charge in [-0.2, -0.15) is 5.10 Å². The molecule has 0 spiro atoms. The topological polar surface area (TPSA) is 60.1 Å². The average molecular weight is 234 g/mol. The molecule has 0 unspecified atom stereocenters. The molecule has 6 nitrogen and oxygen atoms in total. The first-order valence-corrected chi connectivity index (χ1v) is 5.47. The maximum absolute atomic E-state index is 11.8. The minimum atomic E-state index is -0.129. The molecule has 0 fully saturated rings. The lowest BCUT2D eigenvalue weighted by Crippen LogP contribution is -2.40. The third-order valence-electron chi connectivity index (χ3n) is 2.85. The SMILES string of the molecule is C#CCCC(=O)N1CCn2c(nn(C)c2=O)C1. The largest absolute Gasteiger partial charge is 0.345 e. The Labute approximate surface area is 98.8 Å². The van der Waals surface area contributed by atoms with Crippen LogP contribution in [0.25, 0.3) is 0 Å². The summed E-state index contributed by atoms with van der Waals surface area (Å²) in [5, 5.41) is 4.10. The average Bonchev–Trinajstić information content (AvgIpc) is 2.61. The van der Waals surface area contributed by atoms with Crippen LogP contribution >= 0.6 is 0 Å². The summed E-state index contributed by atoms with van der Waals surface area (Å²) in [5.41, 5.74) is -0.129. The minimum Gasteiger partial charge on any atom is -0.333 e. The van der Waals surface area contributed by atoms with Crippen molar-refractivity contribution in [1.82, 2.24) is 19.2 Å². The van der Waals surface area contributed by atoms with Crippen LogP contribution in [0.4, 0.5) is 0 Å². The van der Waals surface area contributed by atoms with Crippen molar-refractivity contribution in [2.24, 2.45) is 7.05 Å². The second kappa shape index (κ2) is 4.45. The van der Waals surface area contributed by atoms with Gasteiger partial charge in [-0.3, -0.25) is 9.36 Å². The van der Waals surface area contributed by atoms with Gasteiger partial charge in [-0.25, -0.2) is 9.48 Å². The summed E-state index contributed by atoms with van der Waals surface area (Å²) < 4.78 is 2.90. The van der Waals surface area contributed by atoms with E-state index in [1.807, 2.05) is 0 Å². The Kier molecular flexibility index (Phi) is 3.00.